The third-order valence-electron chi connectivity index (χ3n) is 3.01. The lowest BCUT2D eigenvalue weighted by Gasteiger charge is -2.28. The molecule has 0 radical (unpaired) electrons. The van der Waals surface area contributed by atoms with Crippen molar-refractivity contribution in [3.8, 4) is 0 Å². The van der Waals surface area contributed by atoms with Crippen LogP contribution in [0.4, 0.5) is 0 Å². The van der Waals surface area contributed by atoms with Gasteiger partial charge in [-0.15, -0.1) is 0 Å². The molecule has 1 aromatic rings. The van der Waals surface area contributed by atoms with Crippen LogP contribution in [0, 0.1) is 0 Å². The first kappa shape index (κ1) is 11.1. The lowest BCUT2D eigenvalue weighted by molar-refractivity contribution is 0.0697. The van der Waals surface area contributed by atoms with Gasteiger partial charge in [0, 0.05) is 18.6 Å². The van der Waals surface area contributed by atoms with Crippen LogP contribution in [0.1, 0.15) is 34.8 Å². The minimum absolute atomic E-state index is 0.245. The fourth-order valence-corrected chi connectivity index (χ4v) is 2.02. The predicted octanol–water partition coefficient (Wildman–Crippen LogP) is 1.14. The Labute approximate surface area is 94.5 Å². The third kappa shape index (κ3) is 2.40. The van der Waals surface area contributed by atoms with Gasteiger partial charge in [0.25, 0.3) is 0 Å². The van der Waals surface area contributed by atoms with E-state index in [1.807, 2.05) is 12.1 Å². The van der Waals surface area contributed by atoms with Crippen molar-refractivity contribution in [2.45, 2.75) is 24.9 Å². The molecule has 1 aliphatic rings. The van der Waals surface area contributed by atoms with Crippen LogP contribution in [0.3, 0.4) is 0 Å². The molecular weight excluding hydrogens is 204 g/mol. The minimum Gasteiger partial charge on any atom is -0.478 e. The molecule has 0 spiro atoms. The van der Waals surface area contributed by atoms with Crippen LogP contribution in [0.15, 0.2) is 24.3 Å². The largest absolute Gasteiger partial charge is 0.478 e. The highest BCUT2D eigenvalue weighted by Crippen LogP contribution is 2.22. The zero-order valence-electron chi connectivity index (χ0n) is 9.02. The van der Waals surface area contributed by atoms with Gasteiger partial charge in [-0.1, -0.05) is 12.1 Å². The first-order chi connectivity index (χ1) is 7.66. The normalized spacial score (nSPS) is 25.3. The zero-order chi connectivity index (χ0) is 11.5. The van der Waals surface area contributed by atoms with Gasteiger partial charge in [0.1, 0.15) is 0 Å². The van der Waals surface area contributed by atoms with Crippen molar-refractivity contribution in [2.24, 2.45) is 5.73 Å². The van der Waals surface area contributed by atoms with E-state index in [1.165, 1.54) is 0 Å². The Hall–Kier alpha value is -1.39. The number of aromatic carboxylic acids is 1. The highest BCUT2D eigenvalue weighted by atomic mass is 16.4. The molecule has 86 valence electrons. The Kier molecular flexibility index (Phi) is 3.22. The van der Waals surface area contributed by atoms with Crippen molar-refractivity contribution >= 4 is 5.97 Å². The average molecular weight is 220 g/mol. The zero-order valence-corrected chi connectivity index (χ0v) is 9.02. The van der Waals surface area contributed by atoms with Gasteiger partial charge in [-0.05, 0) is 30.5 Å². The van der Waals surface area contributed by atoms with Crippen molar-refractivity contribution in [3.63, 3.8) is 0 Å². The number of hydrogen-bond acceptors (Lipinski definition) is 3. The van der Waals surface area contributed by atoms with Crippen molar-refractivity contribution in [3.05, 3.63) is 35.4 Å². The van der Waals surface area contributed by atoms with Crippen LogP contribution in [0.2, 0.25) is 0 Å². The smallest absolute Gasteiger partial charge is 0.335 e. The molecule has 0 aliphatic carbocycles. The van der Waals surface area contributed by atoms with E-state index >= 15 is 0 Å². The van der Waals surface area contributed by atoms with Gasteiger partial charge < -0.3 is 16.2 Å². The summed E-state index contributed by atoms with van der Waals surface area (Å²) < 4.78 is 0. The van der Waals surface area contributed by atoms with Gasteiger partial charge in [0.05, 0.1) is 5.56 Å². The molecule has 4 N–H and O–H groups in total. The van der Waals surface area contributed by atoms with Crippen molar-refractivity contribution < 1.29 is 9.90 Å². The van der Waals surface area contributed by atoms with E-state index < -0.39 is 5.97 Å². The first-order valence-electron chi connectivity index (χ1n) is 5.49. The molecule has 16 heavy (non-hydrogen) atoms. The Morgan fingerprint density at radius 2 is 2.00 bits per heavy atom. The second-order valence-corrected chi connectivity index (χ2v) is 4.23. The summed E-state index contributed by atoms with van der Waals surface area (Å²) in [4.78, 5) is 10.7. The van der Waals surface area contributed by atoms with Crippen molar-refractivity contribution in [1.29, 1.82) is 0 Å². The summed E-state index contributed by atoms with van der Waals surface area (Å²) in [6.07, 6.45) is 2.02. The number of nitrogens with one attached hydrogen (secondary N) is 1. The molecule has 0 amide bonds. The van der Waals surface area contributed by atoms with E-state index in [1.54, 1.807) is 12.1 Å². The fourth-order valence-electron chi connectivity index (χ4n) is 2.02. The second kappa shape index (κ2) is 4.63. The SMILES string of the molecule is NC1CCC(c2ccc(C(=O)O)cc2)NC1. The van der Waals surface area contributed by atoms with E-state index in [4.69, 9.17) is 10.8 Å². The summed E-state index contributed by atoms with van der Waals surface area (Å²) in [6, 6.07) is 7.59. The molecule has 1 saturated heterocycles. The minimum atomic E-state index is -0.884. The molecule has 2 unspecified atom stereocenters. The molecule has 4 nitrogen and oxygen atoms in total. The quantitative estimate of drug-likeness (QED) is 0.698. The predicted molar refractivity (Wildman–Crippen MR) is 61.4 cm³/mol. The highest BCUT2D eigenvalue weighted by Gasteiger charge is 2.19. The van der Waals surface area contributed by atoms with Gasteiger partial charge in [0.15, 0.2) is 0 Å². The number of piperidine rings is 1. The van der Waals surface area contributed by atoms with Gasteiger partial charge >= 0.3 is 5.97 Å². The number of carbonyl (C=O) groups is 1. The molecule has 2 rings (SSSR count). The summed E-state index contributed by atoms with van der Waals surface area (Å²) in [5.74, 6) is -0.884. The van der Waals surface area contributed by atoms with Gasteiger partial charge in [-0.2, -0.15) is 0 Å². The van der Waals surface area contributed by atoms with E-state index in [-0.39, 0.29) is 6.04 Å². The Bertz CT molecular complexity index is 367. The number of carboxylic acid groups (broad SMARTS) is 1. The topological polar surface area (TPSA) is 75.4 Å². The molecular formula is C12H16N2O2. The maximum absolute atomic E-state index is 10.7. The van der Waals surface area contributed by atoms with Crippen LogP contribution in [-0.2, 0) is 0 Å². The van der Waals surface area contributed by atoms with Gasteiger partial charge in [-0.25, -0.2) is 4.79 Å². The maximum atomic E-state index is 10.7. The summed E-state index contributed by atoms with van der Waals surface area (Å²) in [5.41, 5.74) is 7.26. The standard InChI is InChI=1S/C12H16N2O2/c13-10-5-6-11(14-7-10)8-1-3-9(4-2-8)12(15)16/h1-4,10-11,14H,5-7,13H2,(H,15,16). The summed E-state index contributed by atoms with van der Waals surface area (Å²) in [6.45, 7) is 0.825. The summed E-state index contributed by atoms with van der Waals surface area (Å²) in [7, 11) is 0. The first-order valence-corrected chi connectivity index (χ1v) is 5.49. The lowest BCUT2D eigenvalue weighted by atomic mass is 9.95. The van der Waals surface area contributed by atoms with Crippen molar-refractivity contribution in [2.75, 3.05) is 6.54 Å². The number of hydrogen-bond donors (Lipinski definition) is 3. The van der Waals surface area contributed by atoms with Crippen LogP contribution in [0.5, 0.6) is 0 Å². The Morgan fingerprint density at radius 3 is 2.50 bits per heavy atom. The molecule has 1 aromatic carbocycles. The summed E-state index contributed by atoms with van der Waals surface area (Å²) in [5, 5.41) is 12.2. The molecule has 1 fully saturated rings. The van der Waals surface area contributed by atoms with E-state index in [0.717, 1.165) is 24.9 Å². The van der Waals surface area contributed by atoms with Gasteiger partial charge in [-0.3, -0.25) is 0 Å². The fraction of sp³-hybridized carbons (Fsp3) is 0.417. The molecule has 0 bridgehead atoms. The Morgan fingerprint density at radius 1 is 1.31 bits per heavy atom. The second-order valence-electron chi connectivity index (χ2n) is 4.23. The van der Waals surface area contributed by atoms with Crippen molar-refractivity contribution in [1.82, 2.24) is 5.32 Å². The Balaban J connectivity index is 2.07. The maximum Gasteiger partial charge on any atom is 0.335 e. The summed E-state index contributed by atoms with van der Waals surface area (Å²) >= 11 is 0. The van der Waals surface area contributed by atoms with E-state index in [9.17, 15) is 4.79 Å². The van der Waals surface area contributed by atoms with E-state index in [2.05, 4.69) is 5.32 Å². The molecule has 1 heterocycles. The van der Waals surface area contributed by atoms with Crippen LogP contribution < -0.4 is 11.1 Å². The average Bonchev–Trinajstić information content (AvgIpc) is 2.30. The molecule has 1 aliphatic heterocycles. The molecule has 0 saturated carbocycles. The van der Waals surface area contributed by atoms with Crippen LogP contribution in [-0.4, -0.2) is 23.7 Å². The third-order valence-corrected chi connectivity index (χ3v) is 3.01. The molecule has 4 heteroatoms. The van der Waals surface area contributed by atoms with Crippen LogP contribution in [0.25, 0.3) is 0 Å². The number of carboxylic acids is 1. The lowest BCUT2D eigenvalue weighted by Crippen LogP contribution is -2.41. The molecule has 0 aromatic heterocycles. The molecule has 2 atom stereocenters. The number of nitrogens with two attached hydrogens (primary N) is 1. The van der Waals surface area contributed by atoms with E-state index in [0.29, 0.717) is 11.6 Å². The monoisotopic (exact) mass is 220 g/mol. The number of rotatable bonds is 2. The highest BCUT2D eigenvalue weighted by molar-refractivity contribution is 5.87. The van der Waals surface area contributed by atoms with Crippen LogP contribution >= 0.6 is 0 Å². The number of benzene rings is 1. The van der Waals surface area contributed by atoms with Gasteiger partial charge in [0.2, 0.25) is 0 Å².